The van der Waals surface area contributed by atoms with Crippen molar-refractivity contribution in [1.29, 1.82) is 5.26 Å². The maximum Gasteiger partial charge on any atom is 0.164 e. The fourth-order valence-corrected chi connectivity index (χ4v) is 0. The van der Waals surface area contributed by atoms with Crippen LogP contribution in [0.15, 0.2) is 0 Å². The second-order valence-electron chi connectivity index (χ2n) is 2.36. The van der Waals surface area contributed by atoms with Gasteiger partial charge in [-0.1, -0.05) is 19.6 Å². The molecular formula is C4H9NSiZn. The molecule has 0 aromatic heterocycles. The van der Waals surface area contributed by atoms with E-state index in [-0.39, 0.29) is 19.5 Å². The molecule has 3 heteroatoms. The predicted octanol–water partition coefficient (Wildman–Crippen LogP) is 1.38. The summed E-state index contributed by atoms with van der Waals surface area (Å²) in [6.07, 6.45) is 0. The van der Waals surface area contributed by atoms with Gasteiger partial charge in [0.2, 0.25) is 0 Å². The second kappa shape index (κ2) is 3.35. The Labute approximate surface area is 58.5 Å². The van der Waals surface area contributed by atoms with Crippen molar-refractivity contribution in [2.45, 2.75) is 19.6 Å². The average molecular weight is 165 g/mol. The third-order valence-electron chi connectivity index (χ3n) is 0.335. The monoisotopic (exact) mass is 163 g/mol. The van der Waals surface area contributed by atoms with Crippen LogP contribution in [0.5, 0.6) is 0 Å². The summed E-state index contributed by atoms with van der Waals surface area (Å²) in [6.45, 7) is 6.06. The van der Waals surface area contributed by atoms with Gasteiger partial charge in [-0.2, -0.15) is 0 Å². The first-order chi connectivity index (χ1) is 2.56. The Morgan fingerprint density at radius 1 is 1.29 bits per heavy atom. The van der Waals surface area contributed by atoms with Gasteiger partial charge in [0.15, 0.2) is 8.07 Å². The van der Waals surface area contributed by atoms with Crippen LogP contribution in [0, 0.1) is 11.0 Å². The quantitative estimate of drug-likeness (QED) is 0.497. The Morgan fingerprint density at radius 2 is 1.43 bits per heavy atom. The number of hydrogen-bond acceptors (Lipinski definition) is 1. The van der Waals surface area contributed by atoms with Crippen molar-refractivity contribution in [2.75, 3.05) is 0 Å². The summed E-state index contributed by atoms with van der Waals surface area (Å²) in [7, 11) is -1.33. The van der Waals surface area contributed by atoms with E-state index in [4.69, 9.17) is 5.26 Å². The van der Waals surface area contributed by atoms with Crippen LogP contribution in [0.3, 0.4) is 0 Å². The number of hydrogen-bond donors (Lipinski definition) is 0. The minimum atomic E-state index is -1.33. The van der Waals surface area contributed by atoms with Crippen molar-refractivity contribution < 1.29 is 19.5 Å². The molecule has 0 atom stereocenters. The molecule has 0 spiro atoms. The van der Waals surface area contributed by atoms with E-state index in [0.29, 0.717) is 0 Å². The standard InChI is InChI=1S/C4H9NSi.Zn/c1-6(2,3)4-5;/h1-3H3;. The fraction of sp³-hybridized carbons (Fsp3) is 0.750. The maximum atomic E-state index is 8.21. The van der Waals surface area contributed by atoms with Crippen molar-refractivity contribution >= 4 is 8.07 Å². The summed E-state index contributed by atoms with van der Waals surface area (Å²) in [5, 5.41) is 8.21. The van der Waals surface area contributed by atoms with Gasteiger partial charge in [-0.05, 0) is 0 Å². The molecule has 0 aliphatic carbocycles. The van der Waals surface area contributed by atoms with Crippen molar-refractivity contribution in [3.05, 3.63) is 0 Å². The molecule has 0 fully saturated rings. The summed E-state index contributed by atoms with van der Waals surface area (Å²) in [5.74, 6) is 0. The molecule has 0 radical (unpaired) electrons. The van der Waals surface area contributed by atoms with Gasteiger partial charge in [0.1, 0.15) is 0 Å². The number of nitriles is 1. The van der Waals surface area contributed by atoms with E-state index in [1.807, 2.05) is 19.6 Å². The van der Waals surface area contributed by atoms with Crippen molar-refractivity contribution in [2.24, 2.45) is 0 Å². The van der Waals surface area contributed by atoms with Gasteiger partial charge >= 0.3 is 0 Å². The van der Waals surface area contributed by atoms with Gasteiger partial charge in [0.05, 0.1) is 0 Å². The molecule has 0 saturated heterocycles. The van der Waals surface area contributed by atoms with Crippen molar-refractivity contribution in [3.63, 3.8) is 0 Å². The summed E-state index contributed by atoms with van der Waals surface area (Å²) in [6, 6.07) is 0. The van der Waals surface area contributed by atoms with Crippen LogP contribution in [-0.4, -0.2) is 8.07 Å². The van der Waals surface area contributed by atoms with E-state index in [9.17, 15) is 0 Å². The molecule has 0 bridgehead atoms. The van der Waals surface area contributed by atoms with Gasteiger partial charge in [0, 0.05) is 25.2 Å². The molecule has 0 saturated carbocycles. The Morgan fingerprint density at radius 3 is 1.43 bits per heavy atom. The predicted molar refractivity (Wildman–Crippen MR) is 29.0 cm³/mol. The molecule has 0 N–H and O–H groups in total. The van der Waals surface area contributed by atoms with E-state index in [1.165, 1.54) is 0 Å². The molecule has 0 aliphatic heterocycles. The number of rotatable bonds is 0. The van der Waals surface area contributed by atoms with Crippen LogP contribution < -0.4 is 0 Å². The third kappa shape index (κ3) is 10.7. The largest absolute Gasteiger partial charge is 0.207 e. The molecule has 0 aromatic rings. The molecule has 0 aliphatic rings. The smallest absolute Gasteiger partial charge is 0.164 e. The van der Waals surface area contributed by atoms with E-state index in [0.717, 1.165) is 0 Å². The molecule has 7 heavy (non-hydrogen) atoms. The maximum absolute atomic E-state index is 8.21. The topological polar surface area (TPSA) is 23.8 Å². The zero-order chi connectivity index (χ0) is 5.21. The Kier molecular flexibility index (Phi) is 4.94. The molecule has 1 nitrogen and oxygen atoms in total. The second-order valence-corrected chi connectivity index (χ2v) is 7.09. The zero-order valence-electron chi connectivity index (χ0n) is 5.15. The first-order valence-corrected chi connectivity index (χ1v) is 5.47. The molecule has 0 aromatic carbocycles. The SMILES string of the molecule is C[Si](C)(C)C#N.[Zn]. The van der Waals surface area contributed by atoms with E-state index in [2.05, 4.69) is 5.69 Å². The van der Waals surface area contributed by atoms with E-state index >= 15 is 0 Å². The molecular weight excluding hydrogens is 156 g/mol. The Bertz CT molecular complexity index is 78.7. The fourth-order valence-electron chi connectivity index (χ4n) is 0. The zero-order valence-corrected chi connectivity index (χ0v) is 9.12. The molecule has 0 heterocycles. The van der Waals surface area contributed by atoms with Gasteiger partial charge in [-0.3, -0.25) is 0 Å². The first-order valence-electron chi connectivity index (χ1n) is 1.97. The average Bonchev–Trinajstić information content (AvgIpc) is 1.35. The minimum Gasteiger partial charge on any atom is -0.207 e. The van der Waals surface area contributed by atoms with Gasteiger partial charge in [0.25, 0.3) is 0 Å². The van der Waals surface area contributed by atoms with Crippen LogP contribution in [0.25, 0.3) is 0 Å². The number of nitrogens with zero attached hydrogens (tertiary/aromatic N) is 1. The summed E-state index contributed by atoms with van der Waals surface area (Å²) >= 11 is 0. The minimum absolute atomic E-state index is 0. The van der Waals surface area contributed by atoms with Crippen molar-refractivity contribution in [3.8, 4) is 5.69 Å². The van der Waals surface area contributed by atoms with E-state index < -0.39 is 8.07 Å². The molecule has 36 valence electrons. The Hall–Kier alpha value is 0.330. The molecule has 0 unspecified atom stereocenters. The van der Waals surface area contributed by atoms with Gasteiger partial charge in [-0.25, -0.2) is 5.26 Å². The van der Waals surface area contributed by atoms with Crippen LogP contribution in [0.1, 0.15) is 0 Å². The Balaban J connectivity index is 0. The van der Waals surface area contributed by atoms with Gasteiger partial charge < -0.3 is 0 Å². The van der Waals surface area contributed by atoms with E-state index in [1.54, 1.807) is 0 Å². The molecule has 0 rings (SSSR count). The summed E-state index contributed by atoms with van der Waals surface area (Å²) in [5.41, 5.74) is 2.24. The normalized spacial score (nSPS) is 8.86. The van der Waals surface area contributed by atoms with Gasteiger partial charge in [-0.15, -0.1) is 0 Å². The first kappa shape index (κ1) is 10.3. The summed E-state index contributed by atoms with van der Waals surface area (Å²) < 4.78 is 0. The van der Waals surface area contributed by atoms with Crippen LogP contribution in [0.4, 0.5) is 0 Å². The van der Waals surface area contributed by atoms with Crippen molar-refractivity contribution in [1.82, 2.24) is 0 Å². The van der Waals surface area contributed by atoms with Crippen LogP contribution in [-0.2, 0) is 19.5 Å². The van der Waals surface area contributed by atoms with Crippen LogP contribution in [0.2, 0.25) is 19.6 Å². The molecule has 0 amide bonds. The summed E-state index contributed by atoms with van der Waals surface area (Å²) in [4.78, 5) is 0. The third-order valence-corrected chi connectivity index (χ3v) is 1.01. The van der Waals surface area contributed by atoms with Crippen LogP contribution >= 0.6 is 0 Å².